The molecule has 7 nitrogen and oxygen atoms in total. The zero-order valence-corrected chi connectivity index (χ0v) is 13.0. The van der Waals surface area contributed by atoms with E-state index in [1.54, 1.807) is 4.90 Å². The summed E-state index contributed by atoms with van der Waals surface area (Å²) in [5.74, 6) is -1.07. The average molecular weight is 318 g/mol. The van der Waals surface area contributed by atoms with Crippen LogP contribution in [0.1, 0.15) is 32.1 Å². The molecule has 2 aliphatic rings. The molecule has 0 aliphatic carbocycles. The molecule has 0 radical (unpaired) electrons. The molecule has 2 saturated heterocycles. The number of aliphatic carboxylic acids is 1. The van der Waals surface area contributed by atoms with Gasteiger partial charge in [-0.15, -0.1) is 0 Å². The van der Waals surface area contributed by atoms with Gasteiger partial charge >= 0.3 is 5.97 Å². The number of likely N-dealkylation sites (tertiary alicyclic amines) is 1. The van der Waals surface area contributed by atoms with Crippen LogP contribution in [-0.4, -0.2) is 66.5 Å². The number of carbonyl (C=O) groups is 2. The number of hydrogen-bond donors (Lipinski definition) is 1. The fourth-order valence-electron chi connectivity index (χ4n) is 3.21. The van der Waals surface area contributed by atoms with Crippen LogP contribution in [0.2, 0.25) is 0 Å². The van der Waals surface area contributed by atoms with Gasteiger partial charge in [-0.2, -0.15) is 0 Å². The van der Waals surface area contributed by atoms with Gasteiger partial charge in [0.25, 0.3) is 0 Å². The summed E-state index contributed by atoms with van der Waals surface area (Å²) in [4.78, 5) is 25.0. The minimum atomic E-state index is -3.19. The van der Waals surface area contributed by atoms with Crippen LogP contribution >= 0.6 is 0 Å². The van der Waals surface area contributed by atoms with Crippen molar-refractivity contribution in [3.63, 3.8) is 0 Å². The number of rotatable bonds is 4. The fraction of sp³-hybridized carbons (Fsp3) is 0.846. The highest BCUT2D eigenvalue weighted by molar-refractivity contribution is 7.88. The summed E-state index contributed by atoms with van der Waals surface area (Å²) in [6, 6.07) is -0.206. The highest BCUT2D eigenvalue weighted by Crippen LogP contribution is 2.27. The highest BCUT2D eigenvalue weighted by atomic mass is 32.2. The lowest BCUT2D eigenvalue weighted by molar-refractivity contribution is -0.141. The second kappa shape index (κ2) is 6.31. The van der Waals surface area contributed by atoms with Crippen LogP contribution in [0.4, 0.5) is 0 Å². The van der Waals surface area contributed by atoms with Crippen molar-refractivity contribution in [1.82, 2.24) is 9.21 Å². The molecule has 8 heteroatoms. The first-order chi connectivity index (χ1) is 9.79. The van der Waals surface area contributed by atoms with Crippen molar-refractivity contribution in [3.8, 4) is 0 Å². The van der Waals surface area contributed by atoms with Gasteiger partial charge < -0.3 is 10.0 Å². The third kappa shape index (κ3) is 3.94. The van der Waals surface area contributed by atoms with Gasteiger partial charge in [0.2, 0.25) is 15.9 Å². The molecule has 1 N–H and O–H groups in total. The van der Waals surface area contributed by atoms with E-state index in [1.807, 2.05) is 0 Å². The summed E-state index contributed by atoms with van der Waals surface area (Å²) in [6.07, 6.45) is 3.78. The Balaban J connectivity index is 1.94. The lowest BCUT2D eigenvalue weighted by Crippen LogP contribution is -2.45. The topological polar surface area (TPSA) is 95.0 Å². The summed E-state index contributed by atoms with van der Waals surface area (Å²) in [5, 5.41) is 8.90. The monoisotopic (exact) mass is 318 g/mol. The number of carbonyl (C=O) groups excluding carboxylic acids is 1. The van der Waals surface area contributed by atoms with E-state index in [2.05, 4.69) is 0 Å². The summed E-state index contributed by atoms with van der Waals surface area (Å²) in [5.41, 5.74) is 0. The van der Waals surface area contributed by atoms with Crippen LogP contribution in [0.25, 0.3) is 0 Å². The van der Waals surface area contributed by atoms with Crippen molar-refractivity contribution >= 4 is 21.9 Å². The summed E-state index contributed by atoms with van der Waals surface area (Å²) >= 11 is 0. The van der Waals surface area contributed by atoms with Gasteiger partial charge in [0, 0.05) is 31.6 Å². The molecular formula is C13H22N2O5S. The molecule has 2 aliphatic heterocycles. The molecule has 1 atom stereocenters. The van der Waals surface area contributed by atoms with Gasteiger partial charge in [-0.25, -0.2) is 12.7 Å². The Morgan fingerprint density at radius 1 is 1.14 bits per heavy atom. The van der Waals surface area contributed by atoms with E-state index < -0.39 is 16.0 Å². The maximum absolute atomic E-state index is 12.5. The Hall–Kier alpha value is -1.15. The van der Waals surface area contributed by atoms with Crippen molar-refractivity contribution in [2.24, 2.45) is 5.92 Å². The molecule has 0 aromatic heterocycles. The zero-order valence-electron chi connectivity index (χ0n) is 12.2. The first kappa shape index (κ1) is 16.2. The molecule has 120 valence electrons. The number of amides is 1. The van der Waals surface area contributed by atoms with E-state index in [0.29, 0.717) is 32.5 Å². The Morgan fingerprint density at radius 3 is 2.29 bits per heavy atom. The molecule has 1 unspecified atom stereocenters. The molecule has 2 fully saturated rings. The lowest BCUT2D eigenvalue weighted by atomic mass is 9.96. The van der Waals surface area contributed by atoms with E-state index in [0.717, 1.165) is 12.8 Å². The Labute approximate surface area is 125 Å². The number of nitrogens with zero attached hydrogens (tertiary/aromatic N) is 2. The molecule has 1 amide bonds. The van der Waals surface area contributed by atoms with Gasteiger partial charge in [-0.3, -0.25) is 9.59 Å². The normalized spacial score (nSPS) is 25.2. The minimum absolute atomic E-state index is 0.00603. The van der Waals surface area contributed by atoms with Gasteiger partial charge in [0.15, 0.2) is 0 Å². The highest BCUT2D eigenvalue weighted by Gasteiger charge is 2.36. The summed E-state index contributed by atoms with van der Waals surface area (Å²) in [6.45, 7) is 1.35. The lowest BCUT2D eigenvalue weighted by Gasteiger charge is -2.33. The van der Waals surface area contributed by atoms with E-state index in [9.17, 15) is 18.0 Å². The predicted molar refractivity (Wildman–Crippen MR) is 76.1 cm³/mol. The average Bonchev–Trinajstić information content (AvgIpc) is 2.84. The number of carboxylic acid groups (broad SMARTS) is 1. The second-order valence-corrected chi connectivity index (χ2v) is 7.84. The van der Waals surface area contributed by atoms with E-state index in [4.69, 9.17) is 5.11 Å². The van der Waals surface area contributed by atoms with Crippen molar-refractivity contribution < 1.29 is 23.1 Å². The van der Waals surface area contributed by atoms with E-state index >= 15 is 0 Å². The largest absolute Gasteiger partial charge is 0.481 e. The quantitative estimate of drug-likeness (QED) is 0.794. The van der Waals surface area contributed by atoms with Crippen LogP contribution in [0.3, 0.4) is 0 Å². The summed E-state index contributed by atoms with van der Waals surface area (Å²) in [7, 11) is -3.19. The van der Waals surface area contributed by atoms with Gasteiger partial charge in [0.05, 0.1) is 12.7 Å². The van der Waals surface area contributed by atoms with Crippen molar-refractivity contribution in [2.75, 3.05) is 25.9 Å². The van der Waals surface area contributed by atoms with E-state index in [1.165, 1.54) is 10.6 Å². The number of carboxylic acids is 1. The van der Waals surface area contributed by atoms with Gasteiger partial charge in [-0.1, -0.05) is 0 Å². The number of piperidine rings is 1. The molecular weight excluding hydrogens is 296 g/mol. The minimum Gasteiger partial charge on any atom is -0.481 e. The Kier molecular flexibility index (Phi) is 4.88. The van der Waals surface area contributed by atoms with Crippen LogP contribution in [0.15, 0.2) is 0 Å². The maximum atomic E-state index is 12.5. The Bertz CT molecular complexity index is 511. The Morgan fingerprint density at radius 2 is 1.76 bits per heavy atom. The molecule has 0 bridgehead atoms. The third-order valence-electron chi connectivity index (χ3n) is 4.34. The van der Waals surface area contributed by atoms with Crippen molar-refractivity contribution in [2.45, 2.75) is 38.1 Å². The first-order valence-electron chi connectivity index (χ1n) is 7.26. The molecule has 0 aromatic rings. The van der Waals surface area contributed by atoms with E-state index in [-0.39, 0.29) is 24.3 Å². The fourth-order valence-corrected chi connectivity index (χ4v) is 4.08. The molecule has 0 saturated carbocycles. The molecule has 2 rings (SSSR count). The molecule has 0 spiro atoms. The maximum Gasteiger partial charge on any atom is 0.305 e. The molecule has 21 heavy (non-hydrogen) atoms. The molecule has 2 heterocycles. The number of sulfonamides is 1. The molecule has 0 aromatic carbocycles. The first-order valence-corrected chi connectivity index (χ1v) is 9.11. The summed E-state index contributed by atoms with van der Waals surface area (Å²) < 4.78 is 24.3. The van der Waals surface area contributed by atoms with Gasteiger partial charge in [-0.05, 0) is 25.7 Å². The van der Waals surface area contributed by atoms with Crippen molar-refractivity contribution in [1.29, 1.82) is 0 Å². The SMILES string of the molecule is CS(=O)(=O)N1CCC(C(=O)N2CCCC2CC(=O)O)CC1. The van der Waals surface area contributed by atoms with Gasteiger partial charge in [0.1, 0.15) is 0 Å². The van der Waals surface area contributed by atoms with Crippen LogP contribution in [-0.2, 0) is 19.6 Å². The predicted octanol–water partition coefficient (Wildman–Crippen LogP) is 0.124. The standard InChI is InChI=1S/C13H22N2O5S/c1-21(19,20)14-7-4-10(5-8-14)13(18)15-6-2-3-11(15)9-12(16)17/h10-11H,2-9H2,1H3,(H,16,17). The number of hydrogen-bond acceptors (Lipinski definition) is 4. The van der Waals surface area contributed by atoms with Crippen LogP contribution in [0.5, 0.6) is 0 Å². The van der Waals surface area contributed by atoms with Crippen LogP contribution < -0.4 is 0 Å². The third-order valence-corrected chi connectivity index (χ3v) is 5.65. The van der Waals surface area contributed by atoms with Crippen LogP contribution in [0, 0.1) is 5.92 Å². The second-order valence-electron chi connectivity index (χ2n) is 5.86. The smallest absolute Gasteiger partial charge is 0.305 e. The van der Waals surface area contributed by atoms with Crippen molar-refractivity contribution in [3.05, 3.63) is 0 Å². The zero-order chi connectivity index (χ0) is 15.6.